The minimum atomic E-state index is -0.183. The van der Waals surface area contributed by atoms with E-state index >= 15 is 0 Å². The Morgan fingerprint density at radius 3 is 2.73 bits per heavy atom. The SMILES string of the molecule is CCc1ccc(C(=O)Nc2cccnc2-n2cncn2)cc1. The molecule has 2 heterocycles. The first kappa shape index (κ1) is 13.9. The highest BCUT2D eigenvalue weighted by molar-refractivity contribution is 6.05. The second-order valence-electron chi connectivity index (χ2n) is 4.72. The molecule has 1 aromatic carbocycles. The molecule has 6 nitrogen and oxygen atoms in total. The third-order valence-electron chi connectivity index (χ3n) is 3.30. The standard InChI is InChI=1S/C16H15N5O/c1-2-12-5-7-13(8-6-12)16(22)20-14-4-3-9-18-15(14)21-11-17-10-19-21/h3-11H,2H2,1H3,(H,20,22). The van der Waals surface area contributed by atoms with Gasteiger partial charge in [-0.15, -0.1) is 0 Å². The number of anilines is 1. The van der Waals surface area contributed by atoms with Crippen LogP contribution in [0, 0.1) is 0 Å². The average molecular weight is 293 g/mol. The number of rotatable bonds is 4. The molecule has 0 saturated heterocycles. The van der Waals surface area contributed by atoms with Crippen molar-refractivity contribution in [2.24, 2.45) is 0 Å². The van der Waals surface area contributed by atoms with Crippen LogP contribution in [0.1, 0.15) is 22.8 Å². The van der Waals surface area contributed by atoms with Crippen molar-refractivity contribution in [1.29, 1.82) is 0 Å². The monoisotopic (exact) mass is 293 g/mol. The largest absolute Gasteiger partial charge is 0.319 e. The van der Waals surface area contributed by atoms with Crippen molar-refractivity contribution >= 4 is 11.6 Å². The van der Waals surface area contributed by atoms with Crippen molar-refractivity contribution in [2.75, 3.05) is 5.32 Å². The van der Waals surface area contributed by atoms with Gasteiger partial charge in [0.1, 0.15) is 12.7 Å². The summed E-state index contributed by atoms with van der Waals surface area (Å²) < 4.78 is 1.51. The van der Waals surface area contributed by atoms with Crippen LogP contribution in [-0.4, -0.2) is 25.7 Å². The smallest absolute Gasteiger partial charge is 0.255 e. The zero-order valence-electron chi connectivity index (χ0n) is 12.1. The van der Waals surface area contributed by atoms with Gasteiger partial charge in [-0.1, -0.05) is 19.1 Å². The number of aryl methyl sites for hydroxylation is 1. The van der Waals surface area contributed by atoms with Crippen molar-refractivity contribution < 1.29 is 4.79 Å². The van der Waals surface area contributed by atoms with E-state index in [1.165, 1.54) is 22.9 Å². The van der Waals surface area contributed by atoms with Crippen LogP contribution < -0.4 is 5.32 Å². The fourth-order valence-corrected chi connectivity index (χ4v) is 2.08. The van der Waals surface area contributed by atoms with Crippen LogP contribution in [0.4, 0.5) is 5.69 Å². The van der Waals surface area contributed by atoms with Gasteiger partial charge in [-0.25, -0.2) is 14.6 Å². The van der Waals surface area contributed by atoms with Crippen LogP contribution in [0.3, 0.4) is 0 Å². The number of carbonyl (C=O) groups excluding carboxylic acids is 1. The first-order chi connectivity index (χ1) is 10.8. The molecule has 22 heavy (non-hydrogen) atoms. The molecule has 0 atom stereocenters. The van der Waals surface area contributed by atoms with Crippen LogP contribution in [-0.2, 0) is 6.42 Å². The van der Waals surface area contributed by atoms with Crippen molar-refractivity contribution in [3.05, 3.63) is 66.4 Å². The van der Waals surface area contributed by atoms with Crippen molar-refractivity contribution in [1.82, 2.24) is 19.7 Å². The van der Waals surface area contributed by atoms with Crippen molar-refractivity contribution in [3.8, 4) is 5.82 Å². The predicted octanol–water partition coefficient (Wildman–Crippen LogP) is 2.48. The summed E-state index contributed by atoms with van der Waals surface area (Å²) in [5.41, 5.74) is 2.38. The Bertz CT molecular complexity index is 765. The minimum absolute atomic E-state index is 0.183. The Kier molecular flexibility index (Phi) is 3.91. The van der Waals surface area contributed by atoms with Crippen molar-refractivity contribution in [3.63, 3.8) is 0 Å². The minimum Gasteiger partial charge on any atom is -0.319 e. The average Bonchev–Trinajstić information content (AvgIpc) is 3.10. The first-order valence-corrected chi connectivity index (χ1v) is 6.98. The summed E-state index contributed by atoms with van der Waals surface area (Å²) in [6.45, 7) is 2.08. The van der Waals surface area contributed by atoms with Gasteiger partial charge in [-0.2, -0.15) is 5.10 Å². The molecule has 1 N–H and O–H groups in total. The van der Waals surface area contributed by atoms with Crippen LogP contribution in [0.2, 0.25) is 0 Å². The zero-order valence-corrected chi connectivity index (χ0v) is 12.1. The summed E-state index contributed by atoms with van der Waals surface area (Å²) in [5, 5.41) is 6.90. The second-order valence-corrected chi connectivity index (χ2v) is 4.72. The Morgan fingerprint density at radius 2 is 2.05 bits per heavy atom. The van der Waals surface area contributed by atoms with E-state index in [9.17, 15) is 4.79 Å². The number of benzene rings is 1. The molecule has 0 unspecified atom stereocenters. The summed E-state index contributed by atoms with van der Waals surface area (Å²) >= 11 is 0. The summed E-state index contributed by atoms with van der Waals surface area (Å²) in [6, 6.07) is 11.1. The van der Waals surface area contributed by atoms with Gasteiger partial charge in [0, 0.05) is 11.8 Å². The Balaban J connectivity index is 1.85. The van der Waals surface area contributed by atoms with E-state index in [1.54, 1.807) is 18.3 Å². The van der Waals surface area contributed by atoms with Crippen LogP contribution in [0.5, 0.6) is 0 Å². The third-order valence-corrected chi connectivity index (χ3v) is 3.30. The maximum atomic E-state index is 12.4. The number of hydrogen-bond donors (Lipinski definition) is 1. The molecule has 110 valence electrons. The summed E-state index contributed by atoms with van der Waals surface area (Å²) in [6.07, 6.45) is 5.54. The quantitative estimate of drug-likeness (QED) is 0.802. The molecule has 1 amide bonds. The molecule has 6 heteroatoms. The molecule has 0 radical (unpaired) electrons. The van der Waals surface area contributed by atoms with E-state index in [0.717, 1.165) is 6.42 Å². The highest BCUT2D eigenvalue weighted by Crippen LogP contribution is 2.17. The van der Waals surface area contributed by atoms with Gasteiger partial charge in [0.05, 0.1) is 5.69 Å². The number of nitrogens with zero attached hydrogens (tertiary/aromatic N) is 4. The number of pyridine rings is 1. The van der Waals surface area contributed by atoms with E-state index in [2.05, 4.69) is 27.3 Å². The maximum Gasteiger partial charge on any atom is 0.255 e. The molecule has 0 saturated carbocycles. The van der Waals surface area contributed by atoms with E-state index in [0.29, 0.717) is 17.1 Å². The molecule has 2 aromatic heterocycles. The Hall–Kier alpha value is -3.02. The topological polar surface area (TPSA) is 72.7 Å². The van der Waals surface area contributed by atoms with Gasteiger partial charge in [0.2, 0.25) is 0 Å². The van der Waals surface area contributed by atoms with Gasteiger partial charge in [0.25, 0.3) is 5.91 Å². The summed E-state index contributed by atoms with van der Waals surface area (Å²) in [5.74, 6) is 0.343. The van der Waals surface area contributed by atoms with Gasteiger partial charge in [-0.3, -0.25) is 4.79 Å². The molecule has 3 rings (SSSR count). The molecule has 0 aliphatic heterocycles. The number of hydrogen-bond acceptors (Lipinski definition) is 4. The van der Waals surface area contributed by atoms with Gasteiger partial charge in [0.15, 0.2) is 5.82 Å². The van der Waals surface area contributed by atoms with Gasteiger partial charge < -0.3 is 5.32 Å². The van der Waals surface area contributed by atoms with Gasteiger partial charge in [-0.05, 0) is 36.2 Å². The lowest BCUT2D eigenvalue weighted by atomic mass is 10.1. The van der Waals surface area contributed by atoms with Gasteiger partial charge >= 0.3 is 0 Å². The van der Waals surface area contributed by atoms with Crippen LogP contribution >= 0.6 is 0 Å². The fourth-order valence-electron chi connectivity index (χ4n) is 2.08. The van der Waals surface area contributed by atoms with E-state index in [4.69, 9.17) is 0 Å². The maximum absolute atomic E-state index is 12.4. The Morgan fingerprint density at radius 1 is 1.23 bits per heavy atom. The molecule has 0 aliphatic carbocycles. The highest BCUT2D eigenvalue weighted by Gasteiger charge is 2.11. The lowest BCUT2D eigenvalue weighted by Crippen LogP contribution is -2.14. The van der Waals surface area contributed by atoms with Crippen molar-refractivity contribution in [2.45, 2.75) is 13.3 Å². The van der Waals surface area contributed by atoms with E-state index in [-0.39, 0.29) is 5.91 Å². The fraction of sp³-hybridized carbons (Fsp3) is 0.125. The highest BCUT2D eigenvalue weighted by atomic mass is 16.1. The molecular weight excluding hydrogens is 278 g/mol. The van der Waals surface area contributed by atoms with E-state index in [1.807, 2.05) is 24.3 Å². The van der Waals surface area contributed by atoms with E-state index < -0.39 is 0 Å². The molecule has 0 fully saturated rings. The zero-order chi connectivity index (χ0) is 15.4. The molecule has 3 aromatic rings. The summed E-state index contributed by atoms with van der Waals surface area (Å²) in [4.78, 5) is 20.5. The first-order valence-electron chi connectivity index (χ1n) is 6.98. The molecule has 0 aliphatic rings. The molecule has 0 spiro atoms. The number of nitrogens with one attached hydrogen (secondary N) is 1. The van der Waals surface area contributed by atoms with Crippen LogP contribution in [0.25, 0.3) is 5.82 Å². The summed E-state index contributed by atoms with van der Waals surface area (Å²) in [7, 11) is 0. The normalized spacial score (nSPS) is 10.4. The van der Waals surface area contributed by atoms with Crippen LogP contribution in [0.15, 0.2) is 55.2 Å². The third kappa shape index (κ3) is 2.85. The number of aromatic nitrogens is 4. The molecular formula is C16H15N5O. The second kappa shape index (κ2) is 6.17. The number of amides is 1. The lowest BCUT2D eigenvalue weighted by molar-refractivity contribution is 0.102. The molecule has 0 bridgehead atoms. The number of carbonyl (C=O) groups is 1. The lowest BCUT2D eigenvalue weighted by Gasteiger charge is -2.09. The Labute approximate surface area is 127 Å². The predicted molar refractivity (Wildman–Crippen MR) is 82.9 cm³/mol.